The van der Waals surface area contributed by atoms with E-state index in [4.69, 9.17) is 32.4 Å². The first-order valence-corrected chi connectivity index (χ1v) is 14.7. The molecule has 230 valence electrons. The van der Waals surface area contributed by atoms with Crippen molar-refractivity contribution in [2.24, 2.45) is 5.92 Å². The molecule has 3 atom stereocenters. The van der Waals surface area contributed by atoms with Gasteiger partial charge in [0.05, 0.1) is 27.9 Å². The Kier molecular flexibility index (Phi) is 10.5. The molecular weight excluding hydrogens is 603 g/mol. The lowest BCUT2D eigenvalue weighted by Gasteiger charge is -2.43. The molecule has 4 amide bonds. The van der Waals surface area contributed by atoms with Crippen molar-refractivity contribution in [2.45, 2.75) is 64.1 Å². The number of hydrogen-bond acceptors (Lipinski definition) is 8. The molecule has 2 aliphatic heterocycles. The number of carbonyl (C=O) groups is 6. The topological polar surface area (TPSA) is 155 Å². The van der Waals surface area contributed by atoms with Gasteiger partial charge in [0.2, 0.25) is 11.8 Å². The molecule has 43 heavy (non-hydrogen) atoms. The van der Waals surface area contributed by atoms with E-state index in [1.165, 1.54) is 35.5 Å². The molecule has 0 aliphatic carbocycles. The number of esters is 1. The van der Waals surface area contributed by atoms with Crippen molar-refractivity contribution in [1.29, 1.82) is 0 Å². The zero-order valence-electron chi connectivity index (χ0n) is 23.6. The third kappa shape index (κ3) is 7.55. The molecule has 1 unspecified atom stereocenters. The third-order valence-corrected chi connectivity index (χ3v) is 7.77. The van der Waals surface area contributed by atoms with Crippen LogP contribution in [0.5, 0.6) is 0 Å². The minimum atomic E-state index is -1.11. The molecule has 0 spiro atoms. The van der Waals surface area contributed by atoms with Crippen molar-refractivity contribution in [2.75, 3.05) is 13.2 Å². The molecule has 0 bridgehead atoms. The average molecular weight is 636 g/mol. The molecular formula is C29H32Cl2N4O8. The first-order valence-electron chi connectivity index (χ1n) is 13.9. The molecule has 1 aromatic heterocycles. The summed E-state index contributed by atoms with van der Waals surface area (Å²) in [7, 11) is 0. The van der Waals surface area contributed by atoms with Crippen molar-refractivity contribution in [3.05, 3.63) is 58.0 Å². The fourth-order valence-electron chi connectivity index (χ4n) is 5.06. The number of hydrogen-bond donors (Lipinski definition) is 2. The Bertz CT molecular complexity index is 1380. The lowest BCUT2D eigenvalue weighted by atomic mass is 9.99. The van der Waals surface area contributed by atoms with E-state index >= 15 is 0 Å². The number of benzene rings is 1. The number of fused-ring (bicyclic) bond motifs is 1. The summed E-state index contributed by atoms with van der Waals surface area (Å²) in [6.45, 7) is 3.28. The number of Topliss-reactive ketones (excluding diaryl/α,β-unsaturated/α-hetero) is 1. The molecule has 2 fully saturated rings. The lowest BCUT2D eigenvalue weighted by Crippen LogP contribution is -2.64. The van der Waals surface area contributed by atoms with Crippen LogP contribution in [0.4, 0.5) is 0 Å². The Morgan fingerprint density at radius 1 is 1.07 bits per heavy atom. The molecule has 2 aliphatic rings. The number of halogens is 2. The Labute approximate surface area is 257 Å². The van der Waals surface area contributed by atoms with Crippen LogP contribution in [-0.2, 0) is 23.9 Å². The van der Waals surface area contributed by atoms with Crippen LogP contribution in [0.3, 0.4) is 0 Å². The summed E-state index contributed by atoms with van der Waals surface area (Å²) in [5, 5.41) is 7.77. The molecule has 0 radical (unpaired) electrons. The summed E-state index contributed by atoms with van der Waals surface area (Å²) in [6.07, 6.45) is 2.23. The minimum Gasteiger partial charge on any atom is -0.459 e. The van der Waals surface area contributed by atoms with E-state index in [1.807, 2.05) is 13.8 Å². The second kappa shape index (κ2) is 14.0. The van der Waals surface area contributed by atoms with Gasteiger partial charge in [-0.15, -0.1) is 0 Å². The number of rotatable bonds is 10. The van der Waals surface area contributed by atoms with Crippen molar-refractivity contribution in [3.8, 4) is 0 Å². The number of hydrazine groups is 1. The van der Waals surface area contributed by atoms with Crippen LogP contribution in [-0.4, -0.2) is 76.7 Å². The first kappa shape index (κ1) is 32.0. The smallest absolute Gasteiger partial charge is 0.341 e. The van der Waals surface area contributed by atoms with Gasteiger partial charge >= 0.3 is 5.97 Å². The summed E-state index contributed by atoms with van der Waals surface area (Å²) >= 11 is 12.1. The van der Waals surface area contributed by atoms with Gasteiger partial charge in [-0.05, 0) is 55.9 Å². The highest BCUT2D eigenvalue weighted by Crippen LogP contribution is 2.27. The molecule has 1 aromatic carbocycles. The van der Waals surface area contributed by atoms with Gasteiger partial charge in [-0.1, -0.05) is 43.1 Å². The third-order valence-electron chi connectivity index (χ3n) is 7.14. The van der Waals surface area contributed by atoms with Gasteiger partial charge in [-0.3, -0.25) is 29.0 Å². The quantitative estimate of drug-likeness (QED) is 0.378. The van der Waals surface area contributed by atoms with Crippen LogP contribution in [0.15, 0.2) is 41.0 Å². The van der Waals surface area contributed by atoms with E-state index in [-0.39, 0.29) is 65.4 Å². The van der Waals surface area contributed by atoms with Gasteiger partial charge in [0.1, 0.15) is 12.1 Å². The minimum absolute atomic E-state index is 0.000661. The largest absolute Gasteiger partial charge is 0.459 e. The van der Waals surface area contributed by atoms with Crippen molar-refractivity contribution < 1.29 is 37.9 Å². The molecule has 2 N–H and O–H groups in total. The first-order chi connectivity index (χ1) is 20.5. The lowest BCUT2D eigenvalue weighted by molar-refractivity contribution is -0.176. The monoisotopic (exact) mass is 634 g/mol. The number of ketones is 1. The standard InChI is InChI=1S/C29H32Cl2N4O8/c1-16(2)14-20(22(36)15-43-29(41)25-17(30)6-3-7-18(25)31)33-26(38)21-8-4-12-34-24(37)11-10-19(28(40)35(21)34)32-27(39)23-9-5-13-42-23/h3,5-7,9,13,16,19-21H,4,8,10-12,14-15H2,1-2H3,(H,32,39)(H,33,38)/t19-,20-,21?/m0/s1. The highest BCUT2D eigenvalue weighted by molar-refractivity contribution is 6.39. The van der Waals surface area contributed by atoms with Gasteiger partial charge in [0.15, 0.2) is 18.2 Å². The van der Waals surface area contributed by atoms with Gasteiger partial charge in [-0.2, -0.15) is 0 Å². The summed E-state index contributed by atoms with van der Waals surface area (Å²) in [6, 6.07) is 4.21. The van der Waals surface area contributed by atoms with Crippen LogP contribution in [0, 0.1) is 5.92 Å². The van der Waals surface area contributed by atoms with Gasteiger partial charge < -0.3 is 19.8 Å². The second-order valence-corrected chi connectivity index (χ2v) is 11.5. The Hall–Kier alpha value is -3.90. The van der Waals surface area contributed by atoms with Crippen LogP contribution in [0.2, 0.25) is 10.0 Å². The maximum atomic E-state index is 13.7. The molecule has 2 aromatic rings. The normalized spacial score (nSPS) is 19.4. The molecule has 14 heteroatoms. The number of ether oxygens (including phenoxy) is 1. The van der Waals surface area contributed by atoms with E-state index in [1.54, 1.807) is 6.07 Å². The Balaban J connectivity index is 1.48. The number of furan rings is 1. The molecule has 4 rings (SSSR count). The van der Waals surface area contributed by atoms with Gasteiger partial charge in [-0.25, -0.2) is 9.80 Å². The van der Waals surface area contributed by atoms with Crippen molar-refractivity contribution >= 4 is 58.6 Å². The number of carbonyl (C=O) groups excluding carboxylic acids is 6. The summed E-state index contributed by atoms with van der Waals surface area (Å²) in [5.41, 5.74) is -0.0802. The van der Waals surface area contributed by atoms with Gasteiger partial charge in [0.25, 0.3) is 11.8 Å². The highest BCUT2D eigenvalue weighted by atomic mass is 35.5. The summed E-state index contributed by atoms with van der Waals surface area (Å²) in [5.74, 6) is -3.76. The van der Waals surface area contributed by atoms with Crippen LogP contribution >= 0.6 is 23.2 Å². The summed E-state index contributed by atoms with van der Waals surface area (Å²) in [4.78, 5) is 78.7. The maximum Gasteiger partial charge on any atom is 0.341 e. The predicted molar refractivity (Wildman–Crippen MR) is 154 cm³/mol. The van der Waals surface area contributed by atoms with Crippen molar-refractivity contribution in [3.63, 3.8) is 0 Å². The number of nitrogens with one attached hydrogen (secondary N) is 2. The van der Waals surface area contributed by atoms with E-state index in [0.717, 1.165) is 5.01 Å². The van der Waals surface area contributed by atoms with Crippen LogP contribution in [0.25, 0.3) is 0 Å². The maximum absolute atomic E-state index is 13.7. The fourth-order valence-corrected chi connectivity index (χ4v) is 5.61. The molecule has 2 saturated heterocycles. The van der Waals surface area contributed by atoms with Crippen molar-refractivity contribution in [1.82, 2.24) is 20.7 Å². The predicted octanol–water partition coefficient (Wildman–Crippen LogP) is 3.17. The van der Waals surface area contributed by atoms with Gasteiger partial charge in [0, 0.05) is 13.0 Å². The number of amides is 4. The van der Waals surface area contributed by atoms with Crippen LogP contribution < -0.4 is 10.6 Å². The van der Waals surface area contributed by atoms with E-state index in [9.17, 15) is 28.8 Å². The average Bonchev–Trinajstić information content (AvgIpc) is 3.48. The van der Waals surface area contributed by atoms with E-state index in [2.05, 4.69) is 10.6 Å². The second-order valence-electron chi connectivity index (χ2n) is 10.7. The zero-order chi connectivity index (χ0) is 31.3. The SMILES string of the molecule is CC(C)C[C@H](NC(=O)C1CCCN2C(=O)CC[C@H](NC(=O)c3ccco3)C(=O)N12)C(=O)COC(=O)c1c(Cl)cccc1Cl. The van der Waals surface area contributed by atoms with E-state index in [0.29, 0.717) is 6.42 Å². The zero-order valence-corrected chi connectivity index (χ0v) is 25.2. The molecule has 12 nitrogen and oxygen atoms in total. The molecule has 3 heterocycles. The Morgan fingerprint density at radius 2 is 1.79 bits per heavy atom. The summed E-state index contributed by atoms with van der Waals surface area (Å²) < 4.78 is 10.3. The van der Waals surface area contributed by atoms with Crippen LogP contribution in [0.1, 0.15) is 66.9 Å². The highest BCUT2D eigenvalue weighted by Gasteiger charge is 2.45. The molecule has 0 saturated carbocycles. The Morgan fingerprint density at radius 3 is 2.44 bits per heavy atom. The fraction of sp³-hybridized carbons (Fsp3) is 0.448. The van der Waals surface area contributed by atoms with E-state index < -0.39 is 54.2 Å². The number of nitrogens with zero attached hydrogens (tertiary/aromatic N) is 2.